The molecule has 2 rings (SSSR count). The zero-order chi connectivity index (χ0) is 15.1. The van der Waals surface area contributed by atoms with Gasteiger partial charge in [0.05, 0.1) is 13.0 Å². The summed E-state index contributed by atoms with van der Waals surface area (Å²) >= 11 is 0. The maximum Gasteiger partial charge on any atom is 0.226 e. The fourth-order valence-electron chi connectivity index (χ4n) is 2.84. The lowest BCUT2D eigenvalue weighted by Gasteiger charge is -2.34. The smallest absolute Gasteiger partial charge is 0.226 e. The molecular weight excluding hydrogens is 264 g/mol. The van der Waals surface area contributed by atoms with E-state index in [4.69, 9.17) is 4.74 Å². The molecule has 1 aliphatic heterocycles. The van der Waals surface area contributed by atoms with Crippen LogP contribution < -0.4 is 10.1 Å². The number of carbonyl (C=O) groups excluding carboxylic acids is 1. The molecule has 0 bridgehead atoms. The highest BCUT2D eigenvalue weighted by Crippen LogP contribution is 2.14. The first-order valence-electron chi connectivity index (χ1n) is 7.90. The number of aryl methyl sites for hydroxylation is 1. The highest BCUT2D eigenvalue weighted by molar-refractivity contribution is 5.76. The van der Waals surface area contributed by atoms with Crippen molar-refractivity contribution in [1.82, 2.24) is 10.2 Å². The standard InChI is InChI=1S/C17H26N2O2/c1-3-19(15-7-5-10-18-13-15)17(20)9-11-21-16-8-4-6-14(2)12-16/h4,6,8,12,15,18H,3,5,7,9-11,13H2,1-2H3. The van der Waals surface area contributed by atoms with E-state index in [2.05, 4.69) is 5.32 Å². The van der Waals surface area contributed by atoms with Gasteiger partial charge in [0.15, 0.2) is 0 Å². The maximum atomic E-state index is 12.3. The fourth-order valence-corrected chi connectivity index (χ4v) is 2.84. The number of nitrogens with one attached hydrogen (secondary N) is 1. The lowest BCUT2D eigenvalue weighted by Crippen LogP contribution is -2.48. The van der Waals surface area contributed by atoms with Crippen LogP contribution in [0.25, 0.3) is 0 Å². The van der Waals surface area contributed by atoms with Crippen LogP contribution in [0.5, 0.6) is 5.75 Å². The molecule has 1 fully saturated rings. The van der Waals surface area contributed by atoms with E-state index in [1.807, 2.05) is 43.0 Å². The van der Waals surface area contributed by atoms with Crippen molar-refractivity contribution in [2.75, 3.05) is 26.2 Å². The second-order valence-corrected chi connectivity index (χ2v) is 5.59. The van der Waals surface area contributed by atoms with Crippen LogP contribution in [0.15, 0.2) is 24.3 Å². The molecule has 1 saturated heterocycles. The summed E-state index contributed by atoms with van der Waals surface area (Å²) in [6.45, 7) is 7.28. The van der Waals surface area contributed by atoms with Crippen LogP contribution in [-0.4, -0.2) is 43.1 Å². The number of amides is 1. The Balaban J connectivity index is 1.79. The summed E-state index contributed by atoms with van der Waals surface area (Å²) in [4.78, 5) is 14.3. The molecule has 1 aromatic rings. The number of hydrogen-bond donors (Lipinski definition) is 1. The number of carbonyl (C=O) groups is 1. The van der Waals surface area contributed by atoms with Crippen LogP contribution in [0.3, 0.4) is 0 Å². The quantitative estimate of drug-likeness (QED) is 0.874. The van der Waals surface area contributed by atoms with E-state index in [-0.39, 0.29) is 5.91 Å². The number of hydrogen-bond acceptors (Lipinski definition) is 3. The summed E-state index contributed by atoms with van der Waals surface area (Å²) in [7, 11) is 0. The van der Waals surface area contributed by atoms with Crippen LogP contribution in [0.1, 0.15) is 31.7 Å². The summed E-state index contributed by atoms with van der Waals surface area (Å²) in [5, 5.41) is 3.37. The molecule has 1 aliphatic rings. The Labute approximate surface area is 127 Å². The third kappa shape index (κ3) is 4.74. The van der Waals surface area contributed by atoms with Gasteiger partial charge in [0, 0.05) is 19.1 Å². The summed E-state index contributed by atoms with van der Waals surface area (Å²) in [5.41, 5.74) is 1.17. The van der Waals surface area contributed by atoms with Gasteiger partial charge in [0.1, 0.15) is 5.75 Å². The van der Waals surface area contributed by atoms with E-state index >= 15 is 0 Å². The molecular formula is C17H26N2O2. The molecule has 1 aromatic carbocycles. The molecule has 116 valence electrons. The first-order chi connectivity index (χ1) is 10.2. The van der Waals surface area contributed by atoms with E-state index < -0.39 is 0 Å². The van der Waals surface area contributed by atoms with Crippen LogP contribution in [-0.2, 0) is 4.79 Å². The van der Waals surface area contributed by atoms with Gasteiger partial charge in [0.2, 0.25) is 5.91 Å². The Kier molecular flexibility index (Phi) is 6.05. The van der Waals surface area contributed by atoms with Gasteiger partial charge < -0.3 is 15.0 Å². The Hall–Kier alpha value is -1.55. The topological polar surface area (TPSA) is 41.6 Å². The minimum atomic E-state index is 0.193. The molecule has 1 atom stereocenters. The number of ether oxygens (including phenoxy) is 1. The minimum Gasteiger partial charge on any atom is -0.493 e. The first-order valence-corrected chi connectivity index (χ1v) is 7.90. The number of likely N-dealkylation sites (N-methyl/N-ethyl adjacent to an activating group) is 1. The molecule has 21 heavy (non-hydrogen) atoms. The molecule has 0 spiro atoms. The molecule has 1 heterocycles. The number of piperidine rings is 1. The number of rotatable bonds is 6. The lowest BCUT2D eigenvalue weighted by molar-refractivity contribution is -0.134. The van der Waals surface area contributed by atoms with Crippen LogP contribution in [0.2, 0.25) is 0 Å². The Bertz CT molecular complexity index is 456. The van der Waals surface area contributed by atoms with Crippen molar-refractivity contribution >= 4 is 5.91 Å². The molecule has 1 N–H and O–H groups in total. The Morgan fingerprint density at radius 2 is 2.33 bits per heavy atom. The van der Waals surface area contributed by atoms with E-state index in [9.17, 15) is 4.79 Å². The van der Waals surface area contributed by atoms with E-state index in [1.54, 1.807) is 0 Å². The van der Waals surface area contributed by atoms with Gasteiger partial charge in [-0.15, -0.1) is 0 Å². The Morgan fingerprint density at radius 3 is 3.00 bits per heavy atom. The first kappa shape index (κ1) is 15.8. The van der Waals surface area contributed by atoms with Crippen molar-refractivity contribution in [3.8, 4) is 5.75 Å². The van der Waals surface area contributed by atoms with E-state index in [0.29, 0.717) is 19.1 Å². The largest absolute Gasteiger partial charge is 0.493 e. The molecule has 1 unspecified atom stereocenters. The molecule has 0 radical (unpaired) electrons. The summed E-state index contributed by atoms with van der Waals surface area (Å²) in [6.07, 6.45) is 2.69. The fraction of sp³-hybridized carbons (Fsp3) is 0.588. The van der Waals surface area contributed by atoms with Crippen molar-refractivity contribution in [1.29, 1.82) is 0 Å². The zero-order valence-corrected chi connectivity index (χ0v) is 13.1. The molecule has 0 aliphatic carbocycles. The van der Waals surface area contributed by atoms with Crippen molar-refractivity contribution in [2.24, 2.45) is 0 Å². The third-order valence-electron chi connectivity index (χ3n) is 3.95. The van der Waals surface area contributed by atoms with Gasteiger partial charge in [-0.05, 0) is 50.9 Å². The SMILES string of the molecule is CCN(C(=O)CCOc1cccc(C)c1)C1CCCNC1. The second kappa shape index (κ2) is 8.03. The predicted octanol–water partition coefficient (Wildman–Crippen LogP) is 2.36. The number of nitrogens with zero attached hydrogens (tertiary/aromatic N) is 1. The molecule has 4 nitrogen and oxygen atoms in total. The molecule has 0 saturated carbocycles. The molecule has 1 amide bonds. The second-order valence-electron chi connectivity index (χ2n) is 5.59. The van der Waals surface area contributed by atoms with Crippen molar-refractivity contribution in [2.45, 2.75) is 39.2 Å². The van der Waals surface area contributed by atoms with Gasteiger partial charge >= 0.3 is 0 Å². The van der Waals surface area contributed by atoms with Gasteiger partial charge in [-0.3, -0.25) is 4.79 Å². The third-order valence-corrected chi connectivity index (χ3v) is 3.95. The van der Waals surface area contributed by atoms with Crippen molar-refractivity contribution < 1.29 is 9.53 Å². The van der Waals surface area contributed by atoms with Crippen molar-refractivity contribution in [3.05, 3.63) is 29.8 Å². The van der Waals surface area contributed by atoms with Crippen LogP contribution >= 0.6 is 0 Å². The van der Waals surface area contributed by atoms with Crippen molar-refractivity contribution in [3.63, 3.8) is 0 Å². The zero-order valence-electron chi connectivity index (χ0n) is 13.1. The summed E-state index contributed by atoms with van der Waals surface area (Å²) in [5.74, 6) is 1.03. The molecule has 0 aromatic heterocycles. The molecule has 4 heteroatoms. The van der Waals surface area contributed by atoms with Gasteiger partial charge in [-0.25, -0.2) is 0 Å². The van der Waals surface area contributed by atoms with Crippen LogP contribution in [0.4, 0.5) is 0 Å². The lowest BCUT2D eigenvalue weighted by atomic mass is 10.1. The van der Waals surface area contributed by atoms with Gasteiger partial charge in [0.25, 0.3) is 0 Å². The Morgan fingerprint density at radius 1 is 1.48 bits per heavy atom. The highest BCUT2D eigenvalue weighted by atomic mass is 16.5. The van der Waals surface area contributed by atoms with E-state index in [0.717, 1.165) is 38.2 Å². The van der Waals surface area contributed by atoms with E-state index in [1.165, 1.54) is 5.56 Å². The van der Waals surface area contributed by atoms with Crippen LogP contribution in [0, 0.1) is 6.92 Å². The average molecular weight is 290 g/mol. The highest BCUT2D eigenvalue weighted by Gasteiger charge is 2.23. The average Bonchev–Trinajstić information content (AvgIpc) is 2.49. The minimum absolute atomic E-state index is 0.193. The normalized spacial score (nSPS) is 18.3. The predicted molar refractivity (Wildman–Crippen MR) is 84.6 cm³/mol. The summed E-state index contributed by atoms with van der Waals surface area (Å²) < 4.78 is 5.68. The summed E-state index contributed by atoms with van der Waals surface area (Å²) in [6, 6.07) is 8.27. The van der Waals surface area contributed by atoms with Gasteiger partial charge in [-0.2, -0.15) is 0 Å². The number of benzene rings is 1. The maximum absolute atomic E-state index is 12.3. The monoisotopic (exact) mass is 290 g/mol. The van der Waals surface area contributed by atoms with Gasteiger partial charge in [-0.1, -0.05) is 12.1 Å².